The third-order valence-corrected chi connectivity index (χ3v) is 4.76. The Balaban J connectivity index is 3.14. The van der Waals surface area contributed by atoms with Crippen LogP contribution in [0.15, 0.2) is 11.2 Å². The van der Waals surface area contributed by atoms with Crippen LogP contribution >= 0.6 is 23.2 Å². The van der Waals surface area contributed by atoms with Crippen LogP contribution in [0, 0.1) is 5.92 Å². The minimum atomic E-state index is -3.58. The number of hydrogen-bond donors (Lipinski definition) is 0. The number of methoxy groups -OCH3 is 1. The largest absolute Gasteiger partial charge is 0.467 e. The van der Waals surface area contributed by atoms with Crippen molar-refractivity contribution in [2.45, 2.75) is 11.9 Å². The lowest BCUT2D eigenvalue weighted by Crippen LogP contribution is -2.17. The molecule has 0 aliphatic heterocycles. The molecule has 1 unspecified atom stereocenters. The van der Waals surface area contributed by atoms with Gasteiger partial charge in [-0.25, -0.2) is 13.4 Å². The van der Waals surface area contributed by atoms with Gasteiger partial charge in [-0.1, -0.05) is 18.5 Å². The Hall–Kier alpha value is -0.590. The summed E-state index contributed by atoms with van der Waals surface area (Å²) >= 11 is 11.4. The lowest BCUT2D eigenvalue weighted by molar-refractivity contribution is 0.375. The minimum Gasteiger partial charge on any atom is -0.467 e. The summed E-state index contributed by atoms with van der Waals surface area (Å²) in [6.07, 6.45) is 1.20. The summed E-state index contributed by atoms with van der Waals surface area (Å²) in [5.41, 5.74) is 0. The molecule has 0 aliphatic carbocycles. The van der Waals surface area contributed by atoms with Crippen molar-refractivity contribution in [2.24, 2.45) is 5.92 Å². The number of ether oxygens (including phenoxy) is 1. The van der Waals surface area contributed by atoms with E-state index in [4.69, 9.17) is 27.9 Å². The normalized spacial score (nSPS) is 13.4. The molecule has 0 N–H and O–H groups in total. The highest BCUT2D eigenvalue weighted by Crippen LogP contribution is 2.22. The smallest absolute Gasteiger partial charge is 0.317 e. The van der Waals surface area contributed by atoms with Gasteiger partial charge in [0.1, 0.15) is 0 Å². The number of aromatic nitrogens is 2. The van der Waals surface area contributed by atoms with E-state index in [9.17, 15) is 8.42 Å². The highest BCUT2D eigenvalue weighted by molar-refractivity contribution is 7.91. The Bertz CT molecular complexity index is 493. The average Bonchev–Trinajstić information content (AvgIpc) is 2.28. The molecular formula is C9H12Cl2N2O3S. The highest BCUT2D eigenvalue weighted by Gasteiger charge is 2.23. The molecule has 1 aromatic heterocycles. The molecule has 0 bridgehead atoms. The van der Waals surface area contributed by atoms with Crippen LogP contribution in [0.3, 0.4) is 0 Å². The predicted molar refractivity (Wildman–Crippen MR) is 65.5 cm³/mol. The summed E-state index contributed by atoms with van der Waals surface area (Å²) in [5.74, 6) is -0.0474. The Morgan fingerprint density at radius 2 is 2.18 bits per heavy atom. The summed E-state index contributed by atoms with van der Waals surface area (Å²) < 4.78 is 28.8. The van der Waals surface area contributed by atoms with E-state index < -0.39 is 9.84 Å². The van der Waals surface area contributed by atoms with Crippen LogP contribution in [0.5, 0.6) is 6.01 Å². The second-order valence-electron chi connectivity index (χ2n) is 3.55. The van der Waals surface area contributed by atoms with Crippen LogP contribution in [0.25, 0.3) is 0 Å². The van der Waals surface area contributed by atoms with Crippen molar-refractivity contribution >= 4 is 33.0 Å². The van der Waals surface area contributed by atoms with Crippen molar-refractivity contribution in [3.05, 3.63) is 11.2 Å². The molecule has 0 saturated carbocycles. The lowest BCUT2D eigenvalue weighted by Gasteiger charge is -2.09. The van der Waals surface area contributed by atoms with Crippen molar-refractivity contribution in [3.8, 4) is 6.01 Å². The molecule has 1 atom stereocenters. The first-order valence-corrected chi connectivity index (χ1v) is 7.32. The van der Waals surface area contributed by atoms with E-state index in [1.807, 2.05) is 0 Å². The molecule has 0 saturated heterocycles. The maximum Gasteiger partial charge on any atom is 0.317 e. The topological polar surface area (TPSA) is 69.2 Å². The SMILES string of the molecule is COc1ncc(Cl)c(S(=O)(=O)CC(C)CCl)n1. The van der Waals surface area contributed by atoms with Crippen LogP contribution in [0.4, 0.5) is 0 Å². The standard InChI is InChI=1S/C9H12Cl2N2O3S/c1-6(3-10)5-17(14,15)8-7(11)4-12-9(13-8)16-2/h4,6H,3,5H2,1-2H3. The van der Waals surface area contributed by atoms with Crippen LogP contribution in [0.2, 0.25) is 5.02 Å². The Morgan fingerprint density at radius 1 is 1.53 bits per heavy atom. The van der Waals surface area contributed by atoms with Gasteiger partial charge in [0.15, 0.2) is 14.9 Å². The van der Waals surface area contributed by atoms with E-state index in [1.54, 1.807) is 6.92 Å². The van der Waals surface area contributed by atoms with Gasteiger partial charge in [-0.2, -0.15) is 4.98 Å². The Morgan fingerprint density at radius 3 is 2.71 bits per heavy atom. The predicted octanol–water partition coefficient (Wildman–Crippen LogP) is 1.79. The maximum absolute atomic E-state index is 12.0. The molecule has 8 heteroatoms. The van der Waals surface area contributed by atoms with Crippen molar-refractivity contribution in [3.63, 3.8) is 0 Å². The molecule has 0 aliphatic rings. The number of nitrogens with zero attached hydrogens (tertiary/aromatic N) is 2. The first-order chi connectivity index (χ1) is 7.90. The number of halogens is 2. The number of hydrogen-bond acceptors (Lipinski definition) is 5. The first kappa shape index (κ1) is 14.5. The van der Waals surface area contributed by atoms with E-state index >= 15 is 0 Å². The molecule has 1 rings (SSSR count). The van der Waals surface area contributed by atoms with E-state index in [1.165, 1.54) is 13.3 Å². The summed E-state index contributed by atoms with van der Waals surface area (Å²) in [6.45, 7) is 1.73. The van der Waals surface area contributed by atoms with Gasteiger partial charge >= 0.3 is 6.01 Å². The zero-order valence-corrected chi connectivity index (χ0v) is 11.7. The van der Waals surface area contributed by atoms with Gasteiger partial charge in [0.2, 0.25) is 0 Å². The molecule has 0 radical (unpaired) electrons. The average molecular weight is 299 g/mol. The fourth-order valence-corrected chi connectivity index (χ4v) is 3.42. The molecule has 17 heavy (non-hydrogen) atoms. The second-order valence-corrected chi connectivity index (χ2v) is 6.22. The quantitative estimate of drug-likeness (QED) is 0.612. The lowest BCUT2D eigenvalue weighted by atomic mass is 10.3. The van der Waals surface area contributed by atoms with Crippen molar-refractivity contribution in [1.29, 1.82) is 0 Å². The van der Waals surface area contributed by atoms with Gasteiger partial charge in [0.25, 0.3) is 0 Å². The molecular weight excluding hydrogens is 287 g/mol. The third kappa shape index (κ3) is 3.69. The van der Waals surface area contributed by atoms with Crippen LogP contribution in [-0.2, 0) is 9.84 Å². The highest BCUT2D eigenvalue weighted by atomic mass is 35.5. The van der Waals surface area contributed by atoms with E-state index in [0.29, 0.717) is 0 Å². The third-order valence-electron chi connectivity index (χ3n) is 1.93. The molecule has 0 amide bonds. The van der Waals surface area contributed by atoms with Gasteiger partial charge in [0.05, 0.1) is 24.1 Å². The summed E-state index contributed by atoms with van der Waals surface area (Å²) in [4.78, 5) is 7.47. The monoisotopic (exact) mass is 298 g/mol. The molecule has 1 aromatic rings. The van der Waals surface area contributed by atoms with Gasteiger partial charge < -0.3 is 4.74 Å². The number of alkyl halides is 1. The molecule has 0 spiro atoms. The second kappa shape index (κ2) is 5.84. The van der Waals surface area contributed by atoms with Crippen LogP contribution in [-0.4, -0.2) is 37.1 Å². The Kier molecular flexibility index (Phi) is 4.97. The molecule has 5 nitrogen and oxygen atoms in total. The summed E-state index contributed by atoms with van der Waals surface area (Å²) in [5, 5.41) is -0.240. The zero-order valence-electron chi connectivity index (χ0n) is 9.35. The van der Waals surface area contributed by atoms with Gasteiger partial charge in [-0.05, 0) is 5.92 Å². The fraction of sp³-hybridized carbons (Fsp3) is 0.556. The van der Waals surface area contributed by atoms with Crippen molar-refractivity contribution < 1.29 is 13.2 Å². The first-order valence-electron chi connectivity index (χ1n) is 4.76. The van der Waals surface area contributed by atoms with Crippen molar-refractivity contribution in [1.82, 2.24) is 9.97 Å². The molecule has 96 valence electrons. The minimum absolute atomic E-state index is 0.0208. The summed E-state index contributed by atoms with van der Waals surface area (Å²) in [7, 11) is -2.23. The van der Waals surface area contributed by atoms with E-state index in [-0.39, 0.29) is 33.6 Å². The fourth-order valence-electron chi connectivity index (χ4n) is 1.15. The molecule has 0 fully saturated rings. The van der Waals surface area contributed by atoms with E-state index in [2.05, 4.69) is 9.97 Å². The van der Waals surface area contributed by atoms with Crippen molar-refractivity contribution in [2.75, 3.05) is 18.7 Å². The molecule has 0 aromatic carbocycles. The van der Waals surface area contributed by atoms with E-state index in [0.717, 1.165) is 0 Å². The zero-order chi connectivity index (χ0) is 13.1. The molecule has 1 heterocycles. The maximum atomic E-state index is 12.0. The van der Waals surface area contributed by atoms with Gasteiger partial charge in [0, 0.05) is 5.88 Å². The van der Waals surface area contributed by atoms with Gasteiger partial charge in [-0.15, -0.1) is 11.6 Å². The Labute approximate surface area is 110 Å². The summed E-state index contributed by atoms with van der Waals surface area (Å²) in [6, 6.07) is -0.0356. The van der Waals surface area contributed by atoms with Gasteiger partial charge in [-0.3, -0.25) is 0 Å². The number of sulfone groups is 1. The van der Waals surface area contributed by atoms with Crippen LogP contribution in [0.1, 0.15) is 6.92 Å². The number of rotatable bonds is 5. The van der Waals surface area contributed by atoms with Crippen LogP contribution < -0.4 is 4.74 Å².